The molecule has 0 bridgehead atoms. The molecule has 1 aliphatic rings. The fourth-order valence-corrected chi connectivity index (χ4v) is 3.88. The van der Waals surface area contributed by atoms with Gasteiger partial charge in [-0.15, -0.1) is 0 Å². The molecule has 1 N–H and O–H groups in total. The quantitative estimate of drug-likeness (QED) is 0.704. The zero-order valence-corrected chi connectivity index (χ0v) is 15.8. The van der Waals surface area contributed by atoms with Gasteiger partial charge in [0.25, 0.3) is 0 Å². The number of carboxylic acid groups (broad SMARTS) is 1. The number of halogens is 3. The molecule has 0 unspecified atom stereocenters. The molecule has 6 heteroatoms. The number of ether oxygens (including phenoxy) is 1. The van der Waals surface area contributed by atoms with Crippen LogP contribution in [0.25, 0.3) is 0 Å². The smallest absolute Gasteiger partial charge is 0.416 e. The number of aryl methyl sites for hydroxylation is 1. The standard InChI is InChI=1S/C22H23F3O3/c1-14-8-16(10-19(9-14)22(23,24)25)15(2)28-13-21(11-17(12-21)20(26)27)18-6-4-3-5-7-18/h3-10,15,17H,11-13H2,1-2H3,(H,26,27)/t15-,17?,21?/m1/s1. The lowest BCUT2D eigenvalue weighted by molar-refractivity contribution is -0.149. The van der Waals surface area contributed by atoms with Gasteiger partial charge in [-0.3, -0.25) is 4.79 Å². The van der Waals surface area contributed by atoms with Crippen molar-refractivity contribution in [2.24, 2.45) is 5.92 Å². The number of rotatable bonds is 6. The number of carbonyl (C=O) groups is 1. The molecule has 0 aliphatic heterocycles. The zero-order chi connectivity index (χ0) is 20.5. The van der Waals surface area contributed by atoms with Crippen LogP contribution in [0.15, 0.2) is 48.5 Å². The molecule has 1 atom stereocenters. The zero-order valence-electron chi connectivity index (χ0n) is 15.8. The molecule has 0 radical (unpaired) electrons. The van der Waals surface area contributed by atoms with E-state index in [0.717, 1.165) is 17.7 Å². The van der Waals surface area contributed by atoms with Crippen LogP contribution in [0, 0.1) is 12.8 Å². The number of carboxylic acids is 1. The van der Waals surface area contributed by atoms with Crippen LogP contribution in [0.5, 0.6) is 0 Å². The van der Waals surface area contributed by atoms with Gasteiger partial charge in [0.05, 0.1) is 24.2 Å². The molecule has 3 nitrogen and oxygen atoms in total. The van der Waals surface area contributed by atoms with E-state index in [4.69, 9.17) is 4.74 Å². The van der Waals surface area contributed by atoms with E-state index in [1.54, 1.807) is 19.9 Å². The van der Waals surface area contributed by atoms with Gasteiger partial charge in [-0.1, -0.05) is 42.0 Å². The van der Waals surface area contributed by atoms with Crippen LogP contribution in [-0.4, -0.2) is 17.7 Å². The molecule has 3 rings (SSSR count). The molecule has 0 heterocycles. The van der Waals surface area contributed by atoms with Gasteiger partial charge in [0.15, 0.2) is 0 Å². The van der Waals surface area contributed by atoms with Crippen LogP contribution in [0.1, 0.15) is 48.1 Å². The second kappa shape index (κ2) is 7.59. The van der Waals surface area contributed by atoms with Gasteiger partial charge in [-0.2, -0.15) is 13.2 Å². The lowest BCUT2D eigenvalue weighted by atomic mass is 9.59. The molecule has 150 valence electrons. The maximum Gasteiger partial charge on any atom is 0.416 e. The molecule has 0 saturated heterocycles. The summed E-state index contributed by atoms with van der Waals surface area (Å²) < 4.78 is 45.3. The summed E-state index contributed by atoms with van der Waals surface area (Å²) in [4.78, 5) is 11.3. The molecular weight excluding hydrogens is 369 g/mol. The van der Waals surface area contributed by atoms with E-state index in [1.807, 2.05) is 30.3 Å². The molecule has 0 aromatic heterocycles. The Morgan fingerprint density at radius 3 is 2.43 bits per heavy atom. The minimum absolute atomic E-state index is 0.261. The lowest BCUT2D eigenvalue weighted by Crippen LogP contribution is -2.48. The average Bonchev–Trinajstić information content (AvgIpc) is 2.60. The lowest BCUT2D eigenvalue weighted by Gasteiger charge is -2.46. The summed E-state index contributed by atoms with van der Waals surface area (Å²) in [5, 5.41) is 9.26. The molecular formula is C22H23F3O3. The highest BCUT2D eigenvalue weighted by Gasteiger charge is 2.49. The van der Waals surface area contributed by atoms with Gasteiger partial charge in [-0.25, -0.2) is 0 Å². The molecule has 2 aromatic carbocycles. The van der Waals surface area contributed by atoms with E-state index in [9.17, 15) is 23.1 Å². The summed E-state index contributed by atoms with van der Waals surface area (Å²) >= 11 is 0. The summed E-state index contributed by atoms with van der Waals surface area (Å²) in [6.45, 7) is 3.61. The normalized spacial score (nSPS) is 23.1. The maximum atomic E-state index is 13.1. The average molecular weight is 392 g/mol. The Morgan fingerprint density at radius 2 is 1.86 bits per heavy atom. The molecule has 1 fully saturated rings. The Balaban J connectivity index is 1.77. The van der Waals surface area contributed by atoms with Crippen LogP contribution < -0.4 is 0 Å². The Kier molecular flexibility index (Phi) is 5.53. The van der Waals surface area contributed by atoms with Crippen molar-refractivity contribution in [1.29, 1.82) is 0 Å². The minimum atomic E-state index is -4.41. The number of hydrogen-bond acceptors (Lipinski definition) is 2. The van der Waals surface area contributed by atoms with E-state index >= 15 is 0 Å². The van der Waals surface area contributed by atoms with Gasteiger partial charge >= 0.3 is 12.1 Å². The van der Waals surface area contributed by atoms with Crippen LogP contribution in [-0.2, 0) is 21.1 Å². The number of alkyl halides is 3. The first-order valence-electron chi connectivity index (χ1n) is 9.19. The third-order valence-corrected chi connectivity index (χ3v) is 5.52. The van der Waals surface area contributed by atoms with Gasteiger partial charge < -0.3 is 9.84 Å². The van der Waals surface area contributed by atoms with Crippen LogP contribution in [0.2, 0.25) is 0 Å². The van der Waals surface area contributed by atoms with Crippen molar-refractivity contribution in [3.8, 4) is 0 Å². The van der Waals surface area contributed by atoms with Gasteiger partial charge in [0.1, 0.15) is 0 Å². The van der Waals surface area contributed by atoms with Crippen molar-refractivity contribution in [2.75, 3.05) is 6.61 Å². The van der Waals surface area contributed by atoms with Crippen LogP contribution in [0.4, 0.5) is 13.2 Å². The first kappa shape index (κ1) is 20.4. The van der Waals surface area contributed by atoms with E-state index in [-0.39, 0.29) is 6.61 Å². The minimum Gasteiger partial charge on any atom is -0.481 e. The second-order valence-corrected chi connectivity index (χ2v) is 7.67. The molecule has 2 aromatic rings. The van der Waals surface area contributed by atoms with Gasteiger partial charge in [0.2, 0.25) is 0 Å². The number of benzene rings is 2. The third-order valence-electron chi connectivity index (χ3n) is 5.52. The van der Waals surface area contributed by atoms with Crippen molar-refractivity contribution in [3.05, 3.63) is 70.8 Å². The van der Waals surface area contributed by atoms with Crippen molar-refractivity contribution in [2.45, 2.75) is 44.4 Å². The highest BCUT2D eigenvalue weighted by molar-refractivity contribution is 5.72. The van der Waals surface area contributed by atoms with Gasteiger partial charge in [0, 0.05) is 5.41 Å². The predicted octanol–water partition coefficient (Wildman–Crippen LogP) is 5.52. The molecule has 0 amide bonds. The monoisotopic (exact) mass is 392 g/mol. The highest BCUT2D eigenvalue weighted by atomic mass is 19.4. The van der Waals surface area contributed by atoms with Crippen molar-refractivity contribution in [1.82, 2.24) is 0 Å². The van der Waals surface area contributed by atoms with E-state index in [0.29, 0.717) is 24.0 Å². The molecule has 0 spiro atoms. The highest BCUT2D eigenvalue weighted by Crippen LogP contribution is 2.48. The Bertz CT molecular complexity index is 840. The Labute approximate surface area is 162 Å². The molecule has 28 heavy (non-hydrogen) atoms. The second-order valence-electron chi connectivity index (χ2n) is 7.67. The Hall–Kier alpha value is -2.34. The van der Waals surface area contributed by atoms with Crippen molar-refractivity contribution in [3.63, 3.8) is 0 Å². The van der Waals surface area contributed by atoms with Crippen LogP contribution in [0.3, 0.4) is 0 Å². The summed E-state index contributed by atoms with van der Waals surface area (Å²) in [5.74, 6) is -1.25. The summed E-state index contributed by atoms with van der Waals surface area (Å²) in [5.41, 5.74) is 0.873. The van der Waals surface area contributed by atoms with E-state index in [2.05, 4.69) is 0 Å². The molecule has 1 saturated carbocycles. The van der Waals surface area contributed by atoms with Gasteiger partial charge in [-0.05, 0) is 49.9 Å². The summed E-state index contributed by atoms with van der Waals surface area (Å²) in [6, 6.07) is 13.5. The number of aliphatic carboxylic acids is 1. The first-order chi connectivity index (χ1) is 13.1. The number of hydrogen-bond donors (Lipinski definition) is 1. The van der Waals surface area contributed by atoms with Crippen molar-refractivity contribution >= 4 is 5.97 Å². The largest absolute Gasteiger partial charge is 0.481 e. The fourth-order valence-electron chi connectivity index (χ4n) is 3.88. The molecule has 1 aliphatic carbocycles. The SMILES string of the molecule is Cc1cc([C@@H](C)OCC2(c3ccccc3)CC(C(=O)O)C2)cc(C(F)(F)F)c1. The van der Waals surface area contributed by atoms with E-state index in [1.165, 1.54) is 0 Å². The van der Waals surface area contributed by atoms with Crippen molar-refractivity contribution < 1.29 is 27.8 Å². The Morgan fingerprint density at radius 1 is 1.21 bits per heavy atom. The fraction of sp³-hybridized carbons (Fsp3) is 0.409. The summed E-state index contributed by atoms with van der Waals surface area (Å²) in [6.07, 6.45) is -4.03. The third kappa shape index (κ3) is 4.22. The van der Waals surface area contributed by atoms with Crippen LogP contribution >= 0.6 is 0 Å². The van der Waals surface area contributed by atoms with E-state index < -0.39 is 35.1 Å². The topological polar surface area (TPSA) is 46.5 Å². The first-order valence-corrected chi connectivity index (χ1v) is 9.19. The predicted molar refractivity (Wildman–Crippen MR) is 99.0 cm³/mol. The summed E-state index contributed by atoms with van der Waals surface area (Å²) in [7, 11) is 0. The maximum absolute atomic E-state index is 13.1.